The summed E-state index contributed by atoms with van der Waals surface area (Å²) in [5, 5.41) is 29.8. The van der Waals surface area contributed by atoms with Crippen LogP contribution in [-0.2, 0) is 17.8 Å². The fraction of sp³-hybridized carbons (Fsp3) is 0.400. The smallest absolute Gasteiger partial charge is 0.407 e. The first-order chi connectivity index (χ1) is 16.8. The highest BCUT2D eigenvalue weighted by atomic mass is 19.1. The lowest BCUT2D eigenvalue weighted by atomic mass is 9.82. The van der Waals surface area contributed by atoms with Crippen molar-refractivity contribution in [3.63, 3.8) is 0 Å². The quantitative estimate of drug-likeness (QED) is 0.648. The molecule has 2 heterocycles. The van der Waals surface area contributed by atoms with Gasteiger partial charge in [0.25, 0.3) is 0 Å². The molecular weight excluding hydrogens is 457 g/mol. The highest BCUT2D eigenvalue weighted by Crippen LogP contribution is 2.39. The van der Waals surface area contributed by atoms with Crippen molar-refractivity contribution in [2.24, 2.45) is 5.92 Å². The molecule has 2 N–H and O–H groups in total. The minimum atomic E-state index is -1.56. The summed E-state index contributed by atoms with van der Waals surface area (Å²) in [6, 6.07) is 11.8. The number of benzene rings is 2. The SMILES string of the molecule is COc1ccc(CN2C(=O)CCc3c(OC[C@]4(O)CCN(C(=O)O)C[C@@H]4C#N)ccc(F)c32)cc1. The number of hydrogen-bond acceptors (Lipinski definition) is 6. The number of halogens is 1. The van der Waals surface area contributed by atoms with Crippen LogP contribution in [0.1, 0.15) is 24.0 Å². The molecule has 2 aromatic rings. The molecular formula is C25H26FN3O6. The summed E-state index contributed by atoms with van der Waals surface area (Å²) >= 11 is 0. The summed E-state index contributed by atoms with van der Waals surface area (Å²) in [7, 11) is 1.56. The van der Waals surface area contributed by atoms with E-state index in [-0.39, 0.29) is 57.1 Å². The van der Waals surface area contributed by atoms with Crippen molar-refractivity contribution in [1.82, 2.24) is 4.90 Å². The van der Waals surface area contributed by atoms with Crippen LogP contribution in [0.3, 0.4) is 0 Å². The molecule has 2 atom stereocenters. The molecule has 0 radical (unpaired) electrons. The summed E-state index contributed by atoms with van der Waals surface area (Å²) in [6.07, 6.45) is -0.680. The van der Waals surface area contributed by atoms with Gasteiger partial charge in [-0.15, -0.1) is 0 Å². The number of methoxy groups -OCH3 is 1. The molecule has 0 unspecified atom stereocenters. The maximum Gasteiger partial charge on any atom is 0.407 e. The molecule has 9 nitrogen and oxygen atoms in total. The number of hydrogen-bond donors (Lipinski definition) is 2. The Morgan fingerprint density at radius 2 is 2.00 bits per heavy atom. The number of amides is 2. The fourth-order valence-corrected chi connectivity index (χ4v) is 4.52. The van der Waals surface area contributed by atoms with E-state index in [0.29, 0.717) is 17.1 Å². The van der Waals surface area contributed by atoms with Gasteiger partial charge in [-0.3, -0.25) is 4.79 Å². The predicted octanol–water partition coefficient (Wildman–Crippen LogP) is 2.95. The zero-order chi connectivity index (χ0) is 25.2. The highest BCUT2D eigenvalue weighted by Gasteiger charge is 2.44. The van der Waals surface area contributed by atoms with Crippen LogP contribution in [0.15, 0.2) is 36.4 Å². The minimum absolute atomic E-state index is 0.0307. The van der Waals surface area contributed by atoms with Crippen molar-refractivity contribution < 1.29 is 33.7 Å². The van der Waals surface area contributed by atoms with Gasteiger partial charge in [-0.1, -0.05) is 12.1 Å². The molecule has 2 aromatic carbocycles. The molecule has 35 heavy (non-hydrogen) atoms. The Balaban J connectivity index is 1.56. The first-order valence-electron chi connectivity index (χ1n) is 11.2. The number of anilines is 1. The van der Waals surface area contributed by atoms with Gasteiger partial charge in [0.05, 0.1) is 31.3 Å². The molecule has 0 aromatic heterocycles. The van der Waals surface area contributed by atoms with Crippen LogP contribution >= 0.6 is 0 Å². The van der Waals surface area contributed by atoms with Crippen molar-refractivity contribution >= 4 is 17.7 Å². The topological polar surface area (TPSA) is 123 Å². The Bertz CT molecular complexity index is 1170. The van der Waals surface area contributed by atoms with Crippen molar-refractivity contribution in [3.8, 4) is 17.6 Å². The minimum Gasteiger partial charge on any atom is -0.497 e. The Morgan fingerprint density at radius 1 is 1.26 bits per heavy atom. The monoisotopic (exact) mass is 483 g/mol. The van der Waals surface area contributed by atoms with Gasteiger partial charge < -0.3 is 29.5 Å². The second kappa shape index (κ2) is 9.80. The third kappa shape index (κ3) is 4.86. The number of carbonyl (C=O) groups excluding carboxylic acids is 1. The average Bonchev–Trinajstić information content (AvgIpc) is 2.85. The first-order valence-corrected chi connectivity index (χ1v) is 11.2. The van der Waals surface area contributed by atoms with Gasteiger partial charge in [0.1, 0.15) is 29.5 Å². The molecule has 2 aliphatic heterocycles. The number of rotatable bonds is 6. The molecule has 0 aliphatic carbocycles. The van der Waals surface area contributed by atoms with E-state index in [1.54, 1.807) is 31.4 Å². The van der Waals surface area contributed by atoms with Gasteiger partial charge >= 0.3 is 6.09 Å². The summed E-state index contributed by atoms with van der Waals surface area (Å²) in [6.45, 7) is -0.152. The van der Waals surface area contributed by atoms with Crippen molar-refractivity contribution in [1.29, 1.82) is 5.26 Å². The molecule has 0 bridgehead atoms. The van der Waals surface area contributed by atoms with Crippen molar-refractivity contribution in [2.45, 2.75) is 31.4 Å². The van der Waals surface area contributed by atoms with Crippen LogP contribution < -0.4 is 14.4 Å². The summed E-state index contributed by atoms with van der Waals surface area (Å²) < 4.78 is 26.0. The van der Waals surface area contributed by atoms with Crippen molar-refractivity contribution in [2.75, 3.05) is 31.7 Å². The number of carboxylic acid groups (broad SMARTS) is 1. The maximum atomic E-state index is 15.0. The number of likely N-dealkylation sites (tertiary alicyclic amines) is 1. The van der Waals surface area contributed by atoms with E-state index in [9.17, 15) is 29.5 Å². The lowest BCUT2D eigenvalue weighted by molar-refractivity contribution is -0.119. The molecule has 1 fully saturated rings. The number of nitrogens with zero attached hydrogens (tertiary/aromatic N) is 3. The normalized spacial score (nSPS) is 21.8. The van der Waals surface area contributed by atoms with Crippen LogP contribution in [0, 0.1) is 23.1 Å². The van der Waals surface area contributed by atoms with Crippen LogP contribution in [0.25, 0.3) is 0 Å². The summed E-state index contributed by atoms with van der Waals surface area (Å²) in [5.74, 6) is -0.758. The number of carbonyl (C=O) groups is 2. The number of ether oxygens (including phenoxy) is 2. The molecule has 10 heteroatoms. The van der Waals surface area contributed by atoms with Gasteiger partial charge in [0.2, 0.25) is 5.91 Å². The lowest BCUT2D eigenvalue weighted by Gasteiger charge is -2.40. The Morgan fingerprint density at radius 3 is 2.66 bits per heavy atom. The zero-order valence-electron chi connectivity index (χ0n) is 19.2. The molecule has 2 aliphatic rings. The number of nitriles is 1. The zero-order valence-corrected chi connectivity index (χ0v) is 19.2. The maximum absolute atomic E-state index is 15.0. The van der Waals surface area contributed by atoms with Crippen LogP contribution in [-0.4, -0.2) is 59.5 Å². The molecule has 184 valence electrons. The number of piperidine rings is 1. The van der Waals surface area contributed by atoms with E-state index < -0.39 is 23.4 Å². The van der Waals surface area contributed by atoms with Gasteiger partial charge in [-0.05, 0) is 42.7 Å². The standard InChI is InChI=1S/C25H26FN3O6/c1-34-18-4-2-16(3-5-18)13-29-22(30)9-6-19-21(8-7-20(26)23(19)29)35-15-25(33)10-11-28(24(31)32)14-17(25)12-27/h2-5,7-8,17,33H,6,9-11,13-15H2,1H3,(H,31,32)/t17-,25+/m0/s1. The van der Waals surface area contributed by atoms with E-state index in [2.05, 4.69) is 0 Å². The third-order valence-electron chi connectivity index (χ3n) is 6.62. The average molecular weight is 483 g/mol. The third-order valence-corrected chi connectivity index (χ3v) is 6.62. The second-order valence-electron chi connectivity index (χ2n) is 8.75. The van der Waals surface area contributed by atoms with E-state index in [0.717, 1.165) is 10.5 Å². The van der Waals surface area contributed by atoms with Crippen LogP contribution in [0.4, 0.5) is 14.9 Å². The van der Waals surface area contributed by atoms with Gasteiger partial charge in [0, 0.05) is 25.1 Å². The molecule has 0 spiro atoms. The van der Waals surface area contributed by atoms with E-state index in [4.69, 9.17) is 9.47 Å². The Labute approximate surface area is 201 Å². The van der Waals surface area contributed by atoms with Crippen molar-refractivity contribution in [3.05, 3.63) is 53.3 Å². The number of fused-ring (bicyclic) bond motifs is 1. The van der Waals surface area contributed by atoms with Crippen LogP contribution in [0.5, 0.6) is 11.5 Å². The largest absolute Gasteiger partial charge is 0.497 e. The highest BCUT2D eigenvalue weighted by molar-refractivity contribution is 5.97. The van der Waals surface area contributed by atoms with Gasteiger partial charge in [0.15, 0.2) is 0 Å². The molecule has 0 saturated carbocycles. The van der Waals surface area contributed by atoms with Gasteiger partial charge in [-0.2, -0.15) is 5.26 Å². The molecule has 2 amide bonds. The second-order valence-corrected chi connectivity index (χ2v) is 8.75. The molecule has 4 rings (SSSR count). The van der Waals surface area contributed by atoms with Gasteiger partial charge in [-0.25, -0.2) is 9.18 Å². The predicted molar refractivity (Wildman–Crippen MR) is 123 cm³/mol. The van der Waals surface area contributed by atoms with E-state index in [1.165, 1.54) is 17.0 Å². The molecule has 1 saturated heterocycles. The fourth-order valence-electron chi connectivity index (χ4n) is 4.52. The first kappa shape index (κ1) is 24.3. The Hall–Kier alpha value is -3.84. The van der Waals surface area contributed by atoms with E-state index >= 15 is 0 Å². The lowest BCUT2D eigenvalue weighted by Crippen LogP contribution is -2.55. The summed E-state index contributed by atoms with van der Waals surface area (Å²) in [5.41, 5.74) is -0.110. The summed E-state index contributed by atoms with van der Waals surface area (Å²) in [4.78, 5) is 26.5. The Kier molecular flexibility index (Phi) is 6.80. The van der Waals surface area contributed by atoms with E-state index in [1.807, 2.05) is 6.07 Å². The van der Waals surface area contributed by atoms with Crippen LogP contribution in [0.2, 0.25) is 0 Å². The number of aliphatic hydroxyl groups is 1.